The van der Waals surface area contributed by atoms with Gasteiger partial charge in [0.1, 0.15) is 29.7 Å². The van der Waals surface area contributed by atoms with Gasteiger partial charge in [-0.1, -0.05) is 32.1 Å². The van der Waals surface area contributed by atoms with E-state index in [1.165, 1.54) is 17.7 Å². The lowest BCUT2D eigenvalue weighted by molar-refractivity contribution is 0.288. The van der Waals surface area contributed by atoms with Crippen molar-refractivity contribution in [2.45, 2.75) is 60.1 Å². The van der Waals surface area contributed by atoms with Crippen LogP contribution in [-0.2, 0) is 6.61 Å². The van der Waals surface area contributed by atoms with Gasteiger partial charge in [0, 0.05) is 34.5 Å². The third kappa shape index (κ3) is 6.10. The lowest BCUT2D eigenvalue weighted by Crippen LogP contribution is -2.32. The molecule has 196 valence electrons. The van der Waals surface area contributed by atoms with Crippen molar-refractivity contribution in [1.82, 2.24) is 0 Å². The van der Waals surface area contributed by atoms with Crippen molar-refractivity contribution in [3.8, 4) is 28.4 Å². The van der Waals surface area contributed by atoms with Crippen molar-refractivity contribution in [2.24, 2.45) is 5.92 Å². The molecule has 0 fully saturated rings. The van der Waals surface area contributed by atoms with Gasteiger partial charge in [-0.3, -0.25) is 0 Å². The van der Waals surface area contributed by atoms with E-state index in [1.54, 1.807) is 13.2 Å². The SMILES string of the molecule is COc1cc(OCCC(C)C)ccc1-c1ccc2c(c1COc1cc(F)ccc1C)C(C)=CC(C)(C)N2. The smallest absolute Gasteiger partial charge is 0.130 e. The van der Waals surface area contributed by atoms with Crippen molar-refractivity contribution < 1.29 is 18.6 Å². The number of fused-ring (bicyclic) bond motifs is 1. The molecule has 0 atom stereocenters. The molecule has 0 radical (unpaired) electrons. The molecule has 0 saturated carbocycles. The number of hydrogen-bond acceptors (Lipinski definition) is 4. The standard InChI is InChI=1S/C32H38FNO3/c1-20(2)14-15-36-24-10-11-26(30(17-24)35-7)25-12-13-28-31(22(4)18-32(5,6)34-28)27(25)19-37-29-16-23(33)9-8-21(29)3/h8-13,16-18,20,34H,14-15,19H2,1-7H3. The van der Waals surface area contributed by atoms with E-state index in [0.29, 0.717) is 18.3 Å². The monoisotopic (exact) mass is 503 g/mol. The van der Waals surface area contributed by atoms with E-state index in [-0.39, 0.29) is 18.0 Å². The lowest BCUT2D eigenvalue weighted by Gasteiger charge is -2.33. The summed E-state index contributed by atoms with van der Waals surface area (Å²) in [7, 11) is 1.68. The highest BCUT2D eigenvalue weighted by molar-refractivity contribution is 5.88. The fraction of sp³-hybridized carbons (Fsp3) is 0.375. The van der Waals surface area contributed by atoms with Crippen LogP contribution in [0.3, 0.4) is 0 Å². The highest BCUT2D eigenvalue weighted by Gasteiger charge is 2.27. The molecule has 0 saturated heterocycles. The molecule has 4 rings (SSSR count). The molecule has 0 amide bonds. The maximum Gasteiger partial charge on any atom is 0.130 e. The van der Waals surface area contributed by atoms with Gasteiger partial charge in [0.2, 0.25) is 0 Å². The molecule has 0 aliphatic carbocycles. The van der Waals surface area contributed by atoms with Crippen LogP contribution in [0.2, 0.25) is 0 Å². The zero-order valence-electron chi connectivity index (χ0n) is 23.0. The highest BCUT2D eigenvalue weighted by Crippen LogP contribution is 2.43. The summed E-state index contributed by atoms with van der Waals surface area (Å²) in [4.78, 5) is 0. The van der Waals surface area contributed by atoms with E-state index >= 15 is 0 Å². The summed E-state index contributed by atoms with van der Waals surface area (Å²) in [6.07, 6.45) is 3.23. The first-order valence-electron chi connectivity index (χ1n) is 12.9. The van der Waals surface area contributed by atoms with E-state index in [2.05, 4.69) is 58.1 Å². The Kier molecular flexibility index (Phi) is 7.82. The van der Waals surface area contributed by atoms with Gasteiger partial charge < -0.3 is 19.5 Å². The Morgan fingerprint density at radius 1 is 0.919 bits per heavy atom. The van der Waals surface area contributed by atoms with Crippen LogP contribution in [0.15, 0.2) is 54.6 Å². The van der Waals surface area contributed by atoms with Crippen LogP contribution >= 0.6 is 0 Å². The van der Waals surface area contributed by atoms with Gasteiger partial charge in [0.15, 0.2) is 0 Å². The molecular formula is C32H38FNO3. The topological polar surface area (TPSA) is 39.7 Å². The summed E-state index contributed by atoms with van der Waals surface area (Å²) in [6.45, 7) is 13.7. The number of hydrogen-bond donors (Lipinski definition) is 1. The van der Waals surface area contributed by atoms with Crippen LogP contribution in [0.1, 0.15) is 57.7 Å². The molecule has 0 spiro atoms. The molecule has 1 aliphatic rings. The molecular weight excluding hydrogens is 465 g/mol. The Hall–Kier alpha value is -3.47. The van der Waals surface area contributed by atoms with Crippen molar-refractivity contribution in [1.29, 1.82) is 0 Å². The van der Waals surface area contributed by atoms with Crippen LogP contribution in [0, 0.1) is 18.7 Å². The van der Waals surface area contributed by atoms with Crippen LogP contribution < -0.4 is 19.5 Å². The van der Waals surface area contributed by atoms with Crippen molar-refractivity contribution in [3.05, 3.63) is 77.1 Å². The third-order valence-electron chi connectivity index (χ3n) is 6.69. The Morgan fingerprint density at radius 3 is 2.41 bits per heavy atom. The second-order valence-electron chi connectivity index (χ2n) is 10.8. The molecule has 3 aromatic carbocycles. The van der Waals surface area contributed by atoms with Gasteiger partial charge in [0.25, 0.3) is 0 Å². The molecule has 1 N–H and O–H groups in total. The summed E-state index contributed by atoms with van der Waals surface area (Å²) in [5.41, 5.74) is 7.03. The molecule has 0 unspecified atom stereocenters. The van der Waals surface area contributed by atoms with Gasteiger partial charge in [-0.25, -0.2) is 4.39 Å². The largest absolute Gasteiger partial charge is 0.496 e. The summed E-state index contributed by atoms with van der Waals surface area (Å²) in [6, 6.07) is 14.8. The summed E-state index contributed by atoms with van der Waals surface area (Å²) >= 11 is 0. The minimum absolute atomic E-state index is 0.164. The number of allylic oxidation sites excluding steroid dienone is 1. The Bertz CT molecular complexity index is 1310. The molecule has 4 nitrogen and oxygen atoms in total. The van der Waals surface area contributed by atoms with Gasteiger partial charge in [-0.2, -0.15) is 0 Å². The fourth-order valence-electron chi connectivity index (χ4n) is 4.88. The molecule has 37 heavy (non-hydrogen) atoms. The van der Waals surface area contributed by atoms with Crippen LogP contribution in [0.5, 0.6) is 17.2 Å². The number of benzene rings is 3. The minimum Gasteiger partial charge on any atom is -0.496 e. The first-order valence-corrected chi connectivity index (χ1v) is 12.9. The Labute approximate surface area is 220 Å². The second-order valence-corrected chi connectivity index (χ2v) is 10.8. The van der Waals surface area contributed by atoms with Gasteiger partial charge in [-0.05, 0) is 81.0 Å². The zero-order chi connectivity index (χ0) is 26.7. The first-order chi connectivity index (χ1) is 17.6. The number of aryl methyl sites for hydroxylation is 1. The first kappa shape index (κ1) is 26.6. The van der Waals surface area contributed by atoms with Gasteiger partial charge in [0.05, 0.1) is 19.3 Å². The van der Waals surface area contributed by atoms with E-state index in [9.17, 15) is 4.39 Å². The van der Waals surface area contributed by atoms with Crippen molar-refractivity contribution in [2.75, 3.05) is 19.0 Å². The number of halogens is 1. The number of rotatable bonds is 9. The van der Waals surface area contributed by atoms with Crippen molar-refractivity contribution in [3.63, 3.8) is 0 Å². The lowest BCUT2D eigenvalue weighted by atomic mass is 9.85. The predicted molar refractivity (Wildman–Crippen MR) is 150 cm³/mol. The molecule has 5 heteroatoms. The zero-order valence-corrected chi connectivity index (χ0v) is 23.0. The number of nitrogens with one attached hydrogen (secondary N) is 1. The van der Waals surface area contributed by atoms with Crippen molar-refractivity contribution >= 4 is 11.3 Å². The van der Waals surface area contributed by atoms with E-state index in [1.807, 2.05) is 25.1 Å². The van der Waals surface area contributed by atoms with Crippen LogP contribution in [-0.4, -0.2) is 19.3 Å². The normalized spacial score (nSPS) is 14.0. The summed E-state index contributed by atoms with van der Waals surface area (Å²) in [5.74, 6) is 2.32. The van der Waals surface area contributed by atoms with Crippen LogP contribution in [0.25, 0.3) is 16.7 Å². The predicted octanol–water partition coefficient (Wildman–Crippen LogP) is 8.42. The summed E-state index contributed by atoms with van der Waals surface area (Å²) in [5, 5.41) is 3.63. The number of ether oxygens (including phenoxy) is 3. The number of anilines is 1. The maximum atomic E-state index is 14.0. The molecule has 0 bridgehead atoms. The second kappa shape index (κ2) is 10.9. The van der Waals surface area contributed by atoms with E-state index in [4.69, 9.17) is 14.2 Å². The fourth-order valence-corrected chi connectivity index (χ4v) is 4.88. The Balaban J connectivity index is 1.78. The highest BCUT2D eigenvalue weighted by atomic mass is 19.1. The molecule has 1 heterocycles. The maximum absolute atomic E-state index is 14.0. The molecule has 3 aromatic rings. The third-order valence-corrected chi connectivity index (χ3v) is 6.69. The Morgan fingerprint density at radius 2 is 1.68 bits per heavy atom. The average molecular weight is 504 g/mol. The average Bonchev–Trinajstić information content (AvgIpc) is 2.83. The van der Waals surface area contributed by atoms with Crippen LogP contribution in [0.4, 0.5) is 10.1 Å². The minimum atomic E-state index is -0.315. The van der Waals surface area contributed by atoms with E-state index < -0.39 is 0 Å². The van der Waals surface area contributed by atoms with Gasteiger partial charge >= 0.3 is 0 Å². The van der Waals surface area contributed by atoms with E-state index in [0.717, 1.165) is 51.4 Å². The van der Waals surface area contributed by atoms with Gasteiger partial charge in [-0.15, -0.1) is 0 Å². The molecule has 0 aromatic heterocycles. The summed E-state index contributed by atoms with van der Waals surface area (Å²) < 4.78 is 32.0. The number of methoxy groups -OCH3 is 1. The quantitative estimate of drug-likeness (QED) is 0.318. The molecule has 1 aliphatic heterocycles.